The van der Waals surface area contributed by atoms with Crippen molar-refractivity contribution in [1.29, 1.82) is 5.26 Å². The van der Waals surface area contributed by atoms with E-state index < -0.39 is 0 Å². The van der Waals surface area contributed by atoms with E-state index in [9.17, 15) is 0 Å². The van der Waals surface area contributed by atoms with Crippen LogP contribution in [0.4, 0.5) is 5.69 Å². The summed E-state index contributed by atoms with van der Waals surface area (Å²) in [6, 6.07) is 11.7. The number of nitrogen functional groups attached to an aromatic ring is 1. The maximum absolute atomic E-state index is 8.79. The quantitative estimate of drug-likeness (QED) is 0.867. The highest BCUT2D eigenvalue weighted by Gasteiger charge is 2.00. The highest BCUT2D eigenvalue weighted by atomic mass is 32.1. The lowest BCUT2D eigenvalue weighted by atomic mass is 10.1. The zero-order valence-electron chi connectivity index (χ0n) is 9.31. The van der Waals surface area contributed by atoms with E-state index in [2.05, 4.69) is 11.4 Å². The molecule has 0 atom stereocenters. The van der Waals surface area contributed by atoms with Gasteiger partial charge in [-0.15, -0.1) is 11.3 Å². The number of benzene rings is 1. The monoisotopic (exact) mass is 243 g/mol. The summed E-state index contributed by atoms with van der Waals surface area (Å²) in [6.45, 7) is 1.51. The molecule has 4 heteroatoms. The first kappa shape index (κ1) is 11.6. The summed E-state index contributed by atoms with van der Waals surface area (Å²) in [5.74, 6) is 0. The molecule has 3 N–H and O–H groups in total. The molecule has 1 heterocycles. The molecule has 1 aromatic carbocycles. The van der Waals surface area contributed by atoms with E-state index in [4.69, 9.17) is 11.0 Å². The average molecular weight is 243 g/mol. The van der Waals surface area contributed by atoms with Crippen LogP contribution >= 0.6 is 11.3 Å². The summed E-state index contributed by atoms with van der Waals surface area (Å²) in [5, 5.41) is 14.1. The van der Waals surface area contributed by atoms with Gasteiger partial charge < -0.3 is 11.1 Å². The van der Waals surface area contributed by atoms with Gasteiger partial charge in [-0.05, 0) is 29.1 Å². The van der Waals surface area contributed by atoms with E-state index >= 15 is 0 Å². The van der Waals surface area contributed by atoms with Gasteiger partial charge in [0.25, 0.3) is 0 Å². The summed E-state index contributed by atoms with van der Waals surface area (Å²) in [6.07, 6.45) is 0. The van der Waals surface area contributed by atoms with Crippen LogP contribution in [0.25, 0.3) is 0 Å². The molecule has 0 aliphatic carbocycles. The van der Waals surface area contributed by atoms with Crippen LogP contribution in [0.15, 0.2) is 35.7 Å². The number of anilines is 1. The second-order valence-corrected chi connectivity index (χ2v) is 4.72. The first-order valence-electron chi connectivity index (χ1n) is 5.31. The Balaban J connectivity index is 1.90. The van der Waals surface area contributed by atoms with Crippen molar-refractivity contribution in [1.82, 2.24) is 5.32 Å². The van der Waals surface area contributed by atoms with Crippen molar-refractivity contribution in [3.05, 3.63) is 51.7 Å². The third-order valence-corrected chi connectivity index (χ3v) is 3.39. The van der Waals surface area contributed by atoms with E-state index in [-0.39, 0.29) is 0 Å². The summed E-state index contributed by atoms with van der Waals surface area (Å²) in [4.78, 5) is 1.15. The van der Waals surface area contributed by atoms with Crippen LogP contribution < -0.4 is 11.1 Å². The van der Waals surface area contributed by atoms with Gasteiger partial charge in [0.1, 0.15) is 0 Å². The molecular weight excluding hydrogens is 230 g/mol. The van der Waals surface area contributed by atoms with Gasteiger partial charge in [-0.25, -0.2) is 0 Å². The minimum Gasteiger partial charge on any atom is -0.398 e. The van der Waals surface area contributed by atoms with Crippen molar-refractivity contribution in [2.75, 3.05) is 5.73 Å². The zero-order valence-corrected chi connectivity index (χ0v) is 10.1. The molecule has 1 aromatic heterocycles. The fraction of sp³-hybridized carbons (Fsp3) is 0.154. The standard InChI is InChI=1S/C13H13N3S/c14-7-10-2-1-3-11(6-10)8-16-9-13-12(15)4-5-17-13/h1-6,16H,8-9,15H2. The molecule has 0 bridgehead atoms. The maximum Gasteiger partial charge on any atom is 0.0991 e. The smallest absolute Gasteiger partial charge is 0.0991 e. The van der Waals surface area contributed by atoms with Gasteiger partial charge in [0.2, 0.25) is 0 Å². The predicted molar refractivity (Wildman–Crippen MR) is 70.4 cm³/mol. The molecule has 0 unspecified atom stereocenters. The lowest BCUT2D eigenvalue weighted by Gasteiger charge is -2.04. The Labute approximate surface area is 105 Å². The predicted octanol–water partition coefficient (Wildman–Crippen LogP) is 2.49. The molecule has 86 valence electrons. The number of hydrogen-bond donors (Lipinski definition) is 2. The van der Waals surface area contributed by atoms with Gasteiger partial charge in [-0.1, -0.05) is 12.1 Å². The number of nitrogens with zero attached hydrogens (tertiary/aromatic N) is 1. The van der Waals surface area contributed by atoms with Crippen molar-refractivity contribution >= 4 is 17.0 Å². The molecule has 0 aliphatic heterocycles. The molecule has 2 aromatic rings. The van der Waals surface area contributed by atoms with Crippen molar-refractivity contribution in [3.8, 4) is 6.07 Å². The molecule has 0 amide bonds. The van der Waals surface area contributed by atoms with Crippen molar-refractivity contribution < 1.29 is 0 Å². The Hall–Kier alpha value is -1.83. The van der Waals surface area contributed by atoms with E-state index in [1.165, 1.54) is 0 Å². The second-order valence-electron chi connectivity index (χ2n) is 3.71. The average Bonchev–Trinajstić information content (AvgIpc) is 2.76. The van der Waals surface area contributed by atoms with E-state index in [1.807, 2.05) is 29.6 Å². The van der Waals surface area contributed by atoms with E-state index in [0.29, 0.717) is 5.56 Å². The SMILES string of the molecule is N#Cc1cccc(CNCc2sccc2N)c1. The van der Waals surface area contributed by atoms with E-state index in [0.717, 1.165) is 29.2 Å². The van der Waals surface area contributed by atoms with Gasteiger partial charge in [0.05, 0.1) is 11.6 Å². The summed E-state index contributed by atoms with van der Waals surface area (Å²) >= 11 is 1.65. The second kappa shape index (κ2) is 5.48. The van der Waals surface area contributed by atoms with Crippen LogP contribution in [-0.4, -0.2) is 0 Å². The Morgan fingerprint density at radius 1 is 1.29 bits per heavy atom. The zero-order chi connectivity index (χ0) is 12.1. The Morgan fingerprint density at radius 3 is 2.88 bits per heavy atom. The van der Waals surface area contributed by atoms with Gasteiger partial charge in [0, 0.05) is 23.7 Å². The molecule has 0 spiro atoms. The summed E-state index contributed by atoms with van der Waals surface area (Å²) in [7, 11) is 0. The van der Waals surface area contributed by atoms with Gasteiger partial charge in [-0.3, -0.25) is 0 Å². The molecule has 0 aliphatic rings. The van der Waals surface area contributed by atoms with Crippen LogP contribution in [0, 0.1) is 11.3 Å². The summed E-state index contributed by atoms with van der Waals surface area (Å²) < 4.78 is 0. The van der Waals surface area contributed by atoms with Crippen molar-refractivity contribution in [2.24, 2.45) is 0 Å². The van der Waals surface area contributed by atoms with Crippen molar-refractivity contribution in [3.63, 3.8) is 0 Å². The first-order chi connectivity index (χ1) is 8.29. The van der Waals surface area contributed by atoms with Crippen LogP contribution in [0.2, 0.25) is 0 Å². The largest absolute Gasteiger partial charge is 0.398 e. The lowest BCUT2D eigenvalue weighted by molar-refractivity contribution is 0.702. The number of nitrogens with one attached hydrogen (secondary N) is 1. The molecule has 17 heavy (non-hydrogen) atoms. The van der Waals surface area contributed by atoms with Gasteiger partial charge >= 0.3 is 0 Å². The minimum absolute atomic E-state index is 0.694. The highest BCUT2D eigenvalue weighted by Crippen LogP contribution is 2.18. The Morgan fingerprint density at radius 2 is 2.18 bits per heavy atom. The number of rotatable bonds is 4. The van der Waals surface area contributed by atoms with Crippen LogP contribution in [-0.2, 0) is 13.1 Å². The molecule has 2 rings (SSSR count). The van der Waals surface area contributed by atoms with Crippen LogP contribution in [0.3, 0.4) is 0 Å². The fourth-order valence-electron chi connectivity index (χ4n) is 1.57. The number of thiophene rings is 1. The number of hydrogen-bond acceptors (Lipinski definition) is 4. The molecule has 0 fully saturated rings. The lowest BCUT2D eigenvalue weighted by Crippen LogP contribution is -2.12. The van der Waals surface area contributed by atoms with Crippen LogP contribution in [0.1, 0.15) is 16.0 Å². The van der Waals surface area contributed by atoms with Crippen LogP contribution in [0.5, 0.6) is 0 Å². The molecular formula is C13H13N3S. The fourth-order valence-corrected chi connectivity index (χ4v) is 2.33. The Bertz CT molecular complexity index is 540. The highest BCUT2D eigenvalue weighted by molar-refractivity contribution is 7.10. The number of nitrogens with two attached hydrogens (primary N) is 1. The molecule has 0 saturated carbocycles. The van der Waals surface area contributed by atoms with Gasteiger partial charge in [0.15, 0.2) is 0 Å². The molecule has 3 nitrogen and oxygen atoms in total. The first-order valence-corrected chi connectivity index (χ1v) is 6.19. The Kier molecular flexibility index (Phi) is 3.76. The summed E-state index contributed by atoms with van der Waals surface area (Å²) in [5.41, 5.74) is 8.44. The third-order valence-electron chi connectivity index (χ3n) is 2.45. The third kappa shape index (κ3) is 3.06. The maximum atomic E-state index is 8.79. The minimum atomic E-state index is 0.694. The topological polar surface area (TPSA) is 61.8 Å². The van der Waals surface area contributed by atoms with Gasteiger partial charge in [-0.2, -0.15) is 5.26 Å². The normalized spacial score (nSPS) is 10.1. The molecule has 0 radical (unpaired) electrons. The number of nitriles is 1. The van der Waals surface area contributed by atoms with E-state index in [1.54, 1.807) is 17.4 Å². The van der Waals surface area contributed by atoms with Crippen molar-refractivity contribution in [2.45, 2.75) is 13.1 Å². The molecule has 0 saturated heterocycles.